The minimum atomic E-state index is 0.654. The summed E-state index contributed by atoms with van der Waals surface area (Å²) in [6.07, 6.45) is 4.52. The van der Waals surface area contributed by atoms with Crippen molar-refractivity contribution in [2.24, 2.45) is 0 Å². The number of hydrogen-bond donors (Lipinski definition) is 0. The van der Waals surface area contributed by atoms with Crippen LogP contribution in [0.3, 0.4) is 0 Å². The number of piperazine rings is 1. The average molecular weight is 466 g/mol. The number of ether oxygens (including phenoxy) is 1. The van der Waals surface area contributed by atoms with Crippen molar-refractivity contribution in [1.82, 2.24) is 29.7 Å². The fraction of sp³-hybridized carbons (Fsp3) is 0.500. The smallest absolute Gasteiger partial charge is 0.183 e. The molecule has 0 bridgehead atoms. The lowest BCUT2D eigenvalue weighted by Gasteiger charge is -2.34. The molecule has 33 heavy (non-hydrogen) atoms. The third kappa shape index (κ3) is 5.60. The van der Waals surface area contributed by atoms with Crippen molar-refractivity contribution >= 4 is 28.6 Å². The number of benzene rings is 1. The number of morpholine rings is 1. The number of hydrogen-bond acceptors (Lipinski definition) is 9. The topological polar surface area (TPSA) is 70.5 Å². The van der Waals surface area contributed by atoms with Gasteiger partial charge in [0.1, 0.15) is 10.5 Å². The van der Waals surface area contributed by atoms with Crippen LogP contribution in [0.4, 0.5) is 5.69 Å². The van der Waals surface area contributed by atoms with E-state index in [-0.39, 0.29) is 0 Å². The molecular weight excluding hydrogens is 434 g/mol. The molecule has 2 aliphatic rings. The number of aromatic nitrogens is 4. The molecule has 3 aromatic rings. The number of rotatable bonds is 7. The maximum Gasteiger partial charge on any atom is 0.183 e. The van der Waals surface area contributed by atoms with E-state index < -0.39 is 0 Å². The summed E-state index contributed by atoms with van der Waals surface area (Å²) >= 11 is 1.75. The van der Waals surface area contributed by atoms with Crippen molar-refractivity contribution in [2.75, 3.05) is 76.7 Å². The second-order valence-electron chi connectivity index (χ2n) is 8.57. The zero-order valence-corrected chi connectivity index (χ0v) is 20.0. The Labute approximate surface area is 199 Å². The van der Waals surface area contributed by atoms with E-state index >= 15 is 0 Å². The van der Waals surface area contributed by atoms with Crippen LogP contribution >= 0.6 is 11.8 Å². The summed E-state index contributed by atoms with van der Waals surface area (Å²) in [7, 11) is 2.18. The van der Waals surface area contributed by atoms with Crippen LogP contribution in [-0.2, 0) is 4.74 Å². The molecule has 0 saturated carbocycles. The van der Waals surface area contributed by atoms with Gasteiger partial charge in [-0.25, -0.2) is 19.9 Å². The Hall–Kier alpha value is -2.33. The predicted molar refractivity (Wildman–Crippen MR) is 133 cm³/mol. The third-order valence-corrected chi connectivity index (χ3v) is 7.31. The molecule has 0 spiro atoms. The summed E-state index contributed by atoms with van der Waals surface area (Å²) in [6.45, 7) is 9.15. The van der Waals surface area contributed by atoms with Gasteiger partial charge in [0.2, 0.25) is 0 Å². The van der Waals surface area contributed by atoms with Gasteiger partial charge in [-0.3, -0.25) is 4.90 Å². The average Bonchev–Trinajstić information content (AvgIpc) is 2.87. The monoisotopic (exact) mass is 465 g/mol. The Morgan fingerprint density at radius 3 is 2.45 bits per heavy atom. The molecule has 0 amide bonds. The maximum absolute atomic E-state index is 5.44. The quantitative estimate of drug-likeness (QED) is 0.297. The maximum atomic E-state index is 5.44. The summed E-state index contributed by atoms with van der Waals surface area (Å²) in [5.74, 6) is 1.70. The number of nitrogens with zero attached hydrogens (tertiary/aromatic N) is 7. The van der Waals surface area contributed by atoms with Crippen molar-refractivity contribution in [2.45, 2.75) is 11.4 Å². The molecule has 2 saturated heterocycles. The van der Waals surface area contributed by atoms with Crippen LogP contribution in [0.1, 0.15) is 6.42 Å². The molecule has 174 valence electrons. The zero-order valence-electron chi connectivity index (χ0n) is 19.2. The van der Waals surface area contributed by atoms with Crippen LogP contribution in [0.5, 0.6) is 0 Å². The van der Waals surface area contributed by atoms with Crippen molar-refractivity contribution in [3.8, 4) is 11.4 Å². The Balaban J connectivity index is 1.30. The highest BCUT2D eigenvalue weighted by Gasteiger charge is 2.16. The largest absolute Gasteiger partial charge is 0.379 e. The minimum Gasteiger partial charge on any atom is -0.379 e. The molecule has 0 N–H and O–H groups in total. The molecule has 2 aliphatic heterocycles. The highest BCUT2D eigenvalue weighted by molar-refractivity contribution is 7.99. The number of fused-ring (bicyclic) bond motifs is 1. The molecule has 0 atom stereocenters. The van der Waals surface area contributed by atoms with Crippen molar-refractivity contribution < 1.29 is 4.74 Å². The second kappa shape index (κ2) is 10.7. The number of anilines is 1. The van der Waals surface area contributed by atoms with E-state index in [1.165, 1.54) is 5.69 Å². The second-order valence-corrected chi connectivity index (χ2v) is 9.66. The number of thioether (sulfide) groups is 1. The Morgan fingerprint density at radius 2 is 1.67 bits per heavy atom. The molecule has 0 aliphatic carbocycles. The summed E-state index contributed by atoms with van der Waals surface area (Å²) in [4.78, 5) is 25.9. The van der Waals surface area contributed by atoms with Gasteiger partial charge in [-0.2, -0.15) is 0 Å². The lowest BCUT2D eigenvalue weighted by atomic mass is 10.1. The standard InChI is InChI=1S/C24H31N7OS/c1-29-10-12-31(13-11-29)20-5-3-19(4-6-20)22-27-23-21(25-7-8-26-23)24(28-22)33-18-2-9-30-14-16-32-17-15-30/h3-8H,2,9-18H2,1H3. The molecule has 2 fully saturated rings. The first-order valence-corrected chi connectivity index (χ1v) is 12.7. The minimum absolute atomic E-state index is 0.654. The summed E-state index contributed by atoms with van der Waals surface area (Å²) < 4.78 is 5.44. The van der Waals surface area contributed by atoms with Crippen LogP contribution in [0.25, 0.3) is 22.6 Å². The van der Waals surface area contributed by atoms with Gasteiger partial charge in [-0.05, 0) is 44.3 Å². The van der Waals surface area contributed by atoms with Gasteiger partial charge in [0.05, 0.1) is 13.2 Å². The van der Waals surface area contributed by atoms with Gasteiger partial charge in [-0.1, -0.05) is 0 Å². The van der Waals surface area contributed by atoms with Gasteiger partial charge < -0.3 is 14.5 Å². The van der Waals surface area contributed by atoms with Crippen molar-refractivity contribution in [1.29, 1.82) is 0 Å². The van der Waals surface area contributed by atoms with E-state index in [0.29, 0.717) is 11.5 Å². The molecule has 0 radical (unpaired) electrons. The first kappa shape index (κ1) is 22.5. The van der Waals surface area contributed by atoms with Crippen LogP contribution in [0.15, 0.2) is 41.7 Å². The van der Waals surface area contributed by atoms with Gasteiger partial charge in [0, 0.05) is 68.7 Å². The van der Waals surface area contributed by atoms with Crippen LogP contribution in [-0.4, -0.2) is 102 Å². The summed E-state index contributed by atoms with van der Waals surface area (Å²) in [6, 6.07) is 8.61. The molecule has 2 aromatic heterocycles. The van der Waals surface area contributed by atoms with Crippen LogP contribution in [0, 0.1) is 0 Å². The zero-order chi connectivity index (χ0) is 22.5. The third-order valence-electron chi connectivity index (χ3n) is 6.26. The Kier molecular flexibility index (Phi) is 7.30. The molecular formula is C24H31N7OS. The fourth-order valence-electron chi connectivity index (χ4n) is 4.24. The lowest BCUT2D eigenvalue weighted by molar-refractivity contribution is 0.0381. The fourth-order valence-corrected chi connectivity index (χ4v) is 5.13. The Morgan fingerprint density at radius 1 is 0.909 bits per heavy atom. The van der Waals surface area contributed by atoms with Crippen LogP contribution in [0.2, 0.25) is 0 Å². The highest BCUT2D eigenvalue weighted by atomic mass is 32.2. The molecule has 1 aromatic carbocycles. The number of likely N-dealkylation sites (N-methyl/N-ethyl adjacent to an activating group) is 1. The molecule has 0 unspecified atom stereocenters. The van der Waals surface area contributed by atoms with Gasteiger partial charge in [0.25, 0.3) is 0 Å². The normalized spacial score (nSPS) is 18.2. The molecule has 9 heteroatoms. The van der Waals surface area contributed by atoms with E-state index in [1.807, 2.05) is 0 Å². The van der Waals surface area contributed by atoms with E-state index in [2.05, 4.69) is 56.0 Å². The van der Waals surface area contributed by atoms with Crippen molar-refractivity contribution in [3.05, 3.63) is 36.7 Å². The molecule has 8 nitrogen and oxygen atoms in total. The summed E-state index contributed by atoms with van der Waals surface area (Å²) in [5.41, 5.74) is 3.70. The van der Waals surface area contributed by atoms with Gasteiger partial charge in [-0.15, -0.1) is 11.8 Å². The first-order valence-electron chi connectivity index (χ1n) is 11.7. The van der Waals surface area contributed by atoms with E-state index in [1.54, 1.807) is 24.2 Å². The van der Waals surface area contributed by atoms with E-state index in [0.717, 1.165) is 87.3 Å². The Bertz CT molecular complexity index is 1050. The SMILES string of the molecule is CN1CCN(c2ccc(-c3nc(SCCCN4CCOCC4)c4nccnc4n3)cc2)CC1. The van der Waals surface area contributed by atoms with Gasteiger partial charge >= 0.3 is 0 Å². The predicted octanol–water partition coefficient (Wildman–Crippen LogP) is 2.65. The molecule has 4 heterocycles. The van der Waals surface area contributed by atoms with Crippen molar-refractivity contribution in [3.63, 3.8) is 0 Å². The highest BCUT2D eigenvalue weighted by Crippen LogP contribution is 2.28. The first-order chi connectivity index (χ1) is 16.3. The van der Waals surface area contributed by atoms with E-state index in [4.69, 9.17) is 14.7 Å². The lowest BCUT2D eigenvalue weighted by Crippen LogP contribution is -2.44. The van der Waals surface area contributed by atoms with Gasteiger partial charge in [0.15, 0.2) is 11.5 Å². The summed E-state index contributed by atoms with van der Waals surface area (Å²) in [5, 5.41) is 0.910. The van der Waals surface area contributed by atoms with E-state index in [9.17, 15) is 0 Å². The van der Waals surface area contributed by atoms with Crippen LogP contribution < -0.4 is 4.90 Å². The molecule has 5 rings (SSSR count).